The summed E-state index contributed by atoms with van der Waals surface area (Å²) in [5.41, 5.74) is 1.13. The third-order valence-corrected chi connectivity index (χ3v) is 5.30. The molecule has 0 aliphatic heterocycles. The minimum Gasteiger partial charge on any atom is -0.459 e. The minimum absolute atomic E-state index is 0.124. The van der Waals surface area contributed by atoms with Crippen molar-refractivity contribution in [3.63, 3.8) is 0 Å². The average Bonchev–Trinajstić information content (AvgIpc) is 2.75. The van der Waals surface area contributed by atoms with Crippen molar-refractivity contribution in [1.29, 1.82) is 0 Å². The molecule has 3 nitrogen and oxygen atoms in total. The van der Waals surface area contributed by atoms with Crippen molar-refractivity contribution in [2.45, 2.75) is 5.54 Å². The predicted octanol–water partition coefficient (Wildman–Crippen LogP) is 5.38. The van der Waals surface area contributed by atoms with E-state index in [4.69, 9.17) is 9.73 Å². The highest BCUT2D eigenvalue weighted by molar-refractivity contribution is 14.1. The lowest BCUT2D eigenvalue weighted by Crippen LogP contribution is -2.37. The number of ether oxygens (including phenoxy) is 1. The Morgan fingerprint density at radius 2 is 1.46 bits per heavy atom. The lowest BCUT2D eigenvalue weighted by molar-refractivity contribution is -0.147. The van der Waals surface area contributed by atoms with E-state index in [9.17, 15) is 4.79 Å². The molecule has 0 amide bonds. The number of benzene rings is 3. The van der Waals surface area contributed by atoms with Gasteiger partial charge in [0.05, 0.1) is 0 Å². The van der Waals surface area contributed by atoms with Gasteiger partial charge < -0.3 is 4.74 Å². The summed E-state index contributed by atoms with van der Waals surface area (Å²) in [7, 11) is 0. The van der Waals surface area contributed by atoms with Crippen molar-refractivity contribution in [2.75, 3.05) is 6.61 Å². The number of carbonyl (C=O) groups excluding carboxylic acids is 1. The van der Waals surface area contributed by atoms with Gasteiger partial charge in [-0.1, -0.05) is 91.5 Å². The first-order valence-corrected chi connectivity index (χ1v) is 9.95. The van der Waals surface area contributed by atoms with Gasteiger partial charge in [0, 0.05) is 15.3 Å². The van der Waals surface area contributed by atoms with Crippen molar-refractivity contribution >= 4 is 34.8 Å². The molecule has 4 heteroatoms. The molecule has 0 aromatic heterocycles. The Balaban J connectivity index is 2.22. The van der Waals surface area contributed by atoms with E-state index in [0.29, 0.717) is 0 Å². The van der Waals surface area contributed by atoms with Crippen LogP contribution in [0.2, 0.25) is 0 Å². The zero-order valence-electron chi connectivity index (χ0n) is 15.3. The molecular formula is C24H20INO2. The van der Waals surface area contributed by atoms with Gasteiger partial charge in [-0.25, -0.2) is 4.79 Å². The van der Waals surface area contributed by atoms with E-state index in [1.807, 2.05) is 84.9 Å². The number of hydrogen-bond donors (Lipinski definition) is 0. The summed E-state index contributed by atoms with van der Waals surface area (Å²) >= 11 is 2.26. The molecule has 0 heterocycles. The van der Waals surface area contributed by atoms with E-state index in [-0.39, 0.29) is 6.61 Å². The second-order valence-electron chi connectivity index (χ2n) is 6.11. The minimum atomic E-state index is -1.30. The molecule has 0 unspecified atom stereocenters. The van der Waals surface area contributed by atoms with Gasteiger partial charge in [-0.05, 0) is 39.8 Å². The monoisotopic (exact) mass is 481 g/mol. The standard InChI is InChI=1S/C24H20INO2/c1-2-17-28-23(27)24(20-12-5-3-6-13-20,21-14-7-4-8-15-21)26-18-19-11-9-10-16-22(19)25/h2-16,18H,1,17H2. The van der Waals surface area contributed by atoms with E-state index < -0.39 is 11.5 Å². The summed E-state index contributed by atoms with van der Waals surface area (Å²) < 4.78 is 6.57. The summed E-state index contributed by atoms with van der Waals surface area (Å²) in [5.74, 6) is -0.438. The first kappa shape index (κ1) is 20.0. The van der Waals surface area contributed by atoms with E-state index in [1.54, 1.807) is 12.3 Å². The Kier molecular flexibility index (Phi) is 6.76. The Bertz CT molecular complexity index is 929. The van der Waals surface area contributed by atoms with Gasteiger partial charge in [0.2, 0.25) is 5.54 Å². The Morgan fingerprint density at radius 1 is 0.929 bits per heavy atom. The van der Waals surface area contributed by atoms with Crippen LogP contribution in [0.25, 0.3) is 0 Å². The molecule has 0 saturated heterocycles. The summed E-state index contributed by atoms with van der Waals surface area (Å²) in [6, 6.07) is 26.9. The van der Waals surface area contributed by atoms with Gasteiger partial charge in [-0.15, -0.1) is 0 Å². The van der Waals surface area contributed by atoms with Crippen LogP contribution in [0.5, 0.6) is 0 Å². The van der Waals surface area contributed by atoms with Crippen LogP contribution in [0.1, 0.15) is 16.7 Å². The molecule has 0 aliphatic rings. The Morgan fingerprint density at radius 3 is 2.00 bits per heavy atom. The molecule has 0 fully saturated rings. The fourth-order valence-electron chi connectivity index (χ4n) is 2.95. The Hall–Kier alpha value is -2.73. The fourth-order valence-corrected chi connectivity index (χ4v) is 3.47. The van der Waals surface area contributed by atoms with Crippen molar-refractivity contribution in [1.82, 2.24) is 0 Å². The van der Waals surface area contributed by atoms with Crippen molar-refractivity contribution in [2.24, 2.45) is 4.99 Å². The molecule has 0 bridgehead atoms. The topological polar surface area (TPSA) is 38.7 Å². The number of nitrogens with zero attached hydrogens (tertiary/aromatic N) is 1. The van der Waals surface area contributed by atoms with Crippen LogP contribution in [-0.4, -0.2) is 18.8 Å². The lowest BCUT2D eigenvalue weighted by Gasteiger charge is -2.28. The molecule has 0 saturated carbocycles. The molecule has 3 rings (SSSR count). The van der Waals surface area contributed by atoms with Gasteiger partial charge >= 0.3 is 5.97 Å². The zero-order chi connectivity index (χ0) is 19.8. The van der Waals surface area contributed by atoms with Crippen LogP contribution in [0.4, 0.5) is 0 Å². The summed E-state index contributed by atoms with van der Waals surface area (Å²) in [5, 5.41) is 0. The highest BCUT2D eigenvalue weighted by atomic mass is 127. The van der Waals surface area contributed by atoms with Crippen LogP contribution in [0.3, 0.4) is 0 Å². The van der Waals surface area contributed by atoms with Gasteiger partial charge in [0.1, 0.15) is 6.61 Å². The highest BCUT2D eigenvalue weighted by Crippen LogP contribution is 2.35. The maximum Gasteiger partial charge on any atom is 0.343 e. The number of aliphatic imine (C=N–C) groups is 1. The zero-order valence-corrected chi connectivity index (χ0v) is 17.5. The van der Waals surface area contributed by atoms with Crippen molar-refractivity contribution in [3.05, 3.63) is 118 Å². The molecule has 28 heavy (non-hydrogen) atoms. The molecule has 140 valence electrons. The van der Waals surface area contributed by atoms with Crippen molar-refractivity contribution in [3.8, 4) is 0 Å². The summed E-state index contributed by atoms with van der Waals surface area (Å²) in [6.07, 6.45) is 3.30. The van der Waals surface area contributed by atoms with E-state index >= 15 is 0 Å². The molecular weight excluding hydrogens is 461 g/mol. The van der Waals surface area contributed by atoms with Gasteiger partial charge in [0.25, 0.3) is 0 Å². The summed E-state index contributed by atoms with van der Waals surface area (Å²) in [4.78, 5) is 18.2. The number of carbonyl (C=O) groups is 1. The summed E-state index contributed by atoms with van der Waals surface area (Å²) in [6.45, 7) is 3.77. The molecule has 0 radical (unpaired) electrons. The van der Waals surface area contributed by atoms with Crippen molar-refractivity contribution < 1.29 is 9.53 Å². The lowest BCUT2D eigenvalue weighted by atomic mass is 9.83. The van der Waals surface area contributed by atoms with E-state index in [0.717, 1.165) is 20.3 Å². The molecule has 0 aliphatic carbocycles. The van der Waals surface area contributed by atoms with Gasteiger partial charge in [-0.2, -0.15) is 0 Å². The smallest absolute Gasteiger partial charge is 0.343 e. The quantitative estimate of drug-likeness (QED) is 0.197. The second-order valence-corrected chi connectivity index (χ2v) is 7.27. The number of halogens is 1. The normalized spacial score (nSPS) is 11.3. The third-order valence-electron chi connectivity index (χ3n) is 4.31. The average molecular weight is 481 g/mol. The largest absolute Gasteiger partial charge is 0.459 e. The number of hydrogen-bond acceptors (Lipinski definition) is 3. The number of rotatable bonds is 7. The molecule has 0 atom stereocenters. The molecule has 0 N–H and O–H groups in total. The van der Waals surface area contributed by atoms with Crippen LogP contribution >= 0.6 is 22.6 Å². The van der Waals surface area contributed by atoms with Crippen LogP contribution < -0.4 is 0 Å². The van der Waals surface area contributed by atoms with Crippen LogP contribution in [0, 0.1) is 3.57 Å². The van der Waals surface area contributed by atoms with Crippen LogP contribution in [-0.2, 0) is 15.1 Å². The van der Waals surface area contributed by atoms with Gasteiger partial charge in [0.15, 0.2) is 0 Å². The second kappa shape index (κ2) is 9.46. The van der Waals surface area contributed by atoms with E-state index in [1.165, 1.54) is 0 Å². The van der Waals surface area contributed by atoms with Gasteiger partial charge in [-0.3, -0.25) is 4.99 Å². The molecule has 3 aromatic carbocycles. The third kappa shape index (κ3) is 4.22. The first-order chi connectivity index (χ1) is 13.7. The van der Waals surface area contributed by atoms with E-state index in [2.05, 4.69) is 29.2 Å². The maximum absolute atomic E-state index is 13.3. The first-order valence-electron chi connectivity index (χ1n) is 8.87. The number of esters is 1. The fraction of sp³-hybridized carbons (Fsp3) is 0.0833. The van der Waals surface area contributed by atoms with Crippen LogP contribution in [0.15, 0.2) is 103 Å². The molecule has 0 spiro atoms. The molecule has 3 aromatic rings. The highest BCUT2D eigenvalue weighted by Gasteiger charge is 2.43. The maximum atomic E-state index is 13.3. The predicted molar refractivity (Wildman–Crippen MR) is 122 cm³/mol. The Labute approximate surface area is 178 Å². The SMILES string of the molecule is C=CCOC(=O)C(N=Cc1ccccc1I)(c1ccccc1)c1ccccc1.